The van der Waals surface area contributed by atoms with Gasteiger partial charge in [0.1, 0.15) is 5.57 Å². The SMILES string of the molecule is COc1ccc(CCN2C(=O)C(O)=C(c3cccs3)C2=O)cc1OC. The fourth-order valence-corrected chi connectivity index (χ4v) is 3.45. The van der Waals surface area contributed by atoms with Crippen molar-refractivity contribution >= 4 is 28.7 Å². The van der Waals surface area contributed by atoms with Crippen molar-refractivity contribution in [3.63, 3.8) is 0 Å². The number of carbonyl (C=O) groups excluding carboxylic acids is 2. The average Bonchev–Trinajstić information content (AvgIpc) is 3.21. The first-order valence-electron chi connectivity index (χ1n) is 7.61. The Balaban J connectivity index is 1.75. The van der Waals surface area contributed by atoms with Gasteiger partial charge in [-0.3, -0.25) is 14.5 Å². The Morgan fingerprint density at radius 3 is 2.48 bits per heavy atom. The Kier molecular flexibility index (Phi) is 4.76. The van der Waals surface area contributed by atoms with Gasteiger partial charge in [0, 0.05) is 11.4 Å². The lowest BCUT2D eigenvalue weighted by molar-refractivity contribution is -0.138. The van der Waals surface area contributed by atoms with Gasteiger partial charge >= 0.3 is 0 Å². The Morgan fingerprint density at radius 2 is 1.84 bits per heavy atom. The third kappa shape index (κ3) is 3.10. The van der Waals surface area contributed by atoms with Crippen LogP contribution in [0.4, 0.5) is 0 Å². The standard InChI is InChI=1S/C18H17NO5S/c1-23-12-6-5-11(10-13(12)24-2)7-8-19-17(21)15(16(20)18(19)22)14-4-3-9-25-14/h3-6,9-10,20H,7-8H2,1-2H3. The molecule has 1 aromatic heterocycles. The van der Waals surface area contributed by atoms with E-state index in [0.717, 1.165) is 10.5 Å². The summed E-state index contributed by atoms with van der Waals surface area (Å²) in [4.78, 5) is 26.4. The normalized spacial score (nSPS) is 14.4. The summed E-state index contributed by atoms with van der Waals surface area (Å²) < 4.78 is 10.4. The van der Waals surface area contributed by atoms with Gasteiger partial charge < -0.3 is 14.6 Å². The molecule has 0 saturated carbocycles. The molecule has 0 fully saturated rings. The molecule has 3 rings (SSSR count). The fraction of sp³-hybridized carbons (Fsp3) is 0.222. The van der Waals surface area contributed by atoms with Crippen molar-refractivity contribution in [2.45, 2.75) is 6.42 Å². The van der Waals surface area contributed by atoms with E-state index >= 15 is 0 Å². The predicted octanol–water partition coefficient (Wildman–Crippen LogP) is 2.65. The van der Waals surface area contributed by atoms with Crippen LogP contribution in [0.2, 0.25) is 0 Å². The highest BCUT2D eigenvalue weighted by Gasteiger charge is 2.39. The third-order valence-electron chi connectivity index (χ3n) is 3.98. The first-order chi connectivity index (χ1) is 12.1. The summed E-state index contributed by atoms with van der Waals surface area (Å²) in [5.41, 5.74) is 0.967. The van der Waals surface area contributed by atoms with Crippen LogP contribution in [0.25, 0.3) is 5.57 Å². The summed E-state index contributed by atoms with van der Waals surface area (Å²) in [6.45, 7) is 0.173. The zero-order chi connectivity index (χ0) is 18.0. The van der Waals surface area contributed by atoms with E-state index in [0.29, 0.717) is 22.8 Å². The number of thiophene rings is 1. The van der Waals surface area contributed by atoms with Gasteiger partial charge in [-0.1, -0.05) is 12.1 Å². The van der Waals surface area contributed by atoms with Gasteiger partial charge in [-0.05, 0) is 35.6 Å². The van der Waals surface area contributed by atoms with Gasteiger partial charge in [-0.25, -0.2) is 0 Å². The molecule has 2 amide bonds. The third-order valence-corrected chi connectivity index (χ3v) is 4.87. The van der Waals surface area contributed by atoms with Gasteiger partial charge in [0.2, 0.25) is 0 Å². The molecular formula is C18H17NO5S. The van der Waals surface area contributed by atoms with Crippen LogP contribution in [-0.4, -0.2) is 42.6 Å². The number of rotatable bonds is 6. The average molecular weight is 359 g/mol. The molecule has 1 N–H and O–H groups in total. The maximum Gasteiger partial charge on any atom is 0.296 e. The number of benzene rings is 1. The minimum absolute atomic E-state index is 0.0762. The molecule has 0 bridgehead atoms. The summed E-state index contributed by atoms with van der Waals surface area (Å²) in [7, 11) is 3.10. The van der Waals surface area contributed by atoms with Crippen molar-refractivity contribution in [1.29, 1.82) is 0 Å². The van der Waals surface area contributed by atoms with Crippen LogP contribution >= 0.6 is 11.3 Å². The maximum atomic E-state index is 12.5. The van der Waals surface area contributed by atoms with E-state index < -0.39 is 17.6 Å². The lowest BCUT2D eigenvalue weighted by Crippen LogP contribution is -2.33. The monoisotopic (exact) mass is 359 g/mol. The van der Waals surface area contributed by atoms with E-state index in [1.165, 1.54) is 11.3 Å². The summed E-state index contributed by atoms with van der Waals surface area (Å²) >= 11 is 1.31. The molecule has 0 atom stereocenters. The summed E-state index contributed by atoms with van der Waals surface area (Å²) in [6, 6.07) is 8.90. The minimum atomic E-state index is -0.658. The Bertz CT molecular complexity index is 841. The number of aliphatic hydroxyl groups is 1. The molecule has 2 aromatic rings. The zero-order valence-corrected chi connectivity index (χ0v) is 14.6. The lowest BCUT2D eigenvalue weighted by atomic mass is 10.1. The Labute approximate surface area is 148 Å². The van der Waals surface area contributed by atoms with Crippen LogP contribution in [0.15, 0.2) is 41.5 Å². The highest BCUT2D eigenvalue weighted by molar-refractivity contribution is 7.11. The van der Waals surface area contributed by atoms with Crippen molar-refractivity contribution in [2.24, 2.45) is 0 Å². The molecule has 130 valence electrons. The van der Waals surface area contributed by atoms with Crippen molar-refractivity contribution in [2.75, 3.05) is 20.8 Å². The molecule has 7 heteroatoms. The number of amides is 2. The van der Waals surface area contributed by atoms with Crippen molar-refractivity contribution in [3.05, 3.63) is 51.9 Å². The zero-order valence-electron chi connectivity index (χ0n) is 13.8. The quantitative estimate of drug-likeness (QED) is 0.803. The Hall–Kier alpha value is -2.80. The lowest BCUT2D eigenvalue weighted by Gasteiger charge is -2.15. The topological polar surface area (TPSA) is 76.1 Å². The van der Waals surface area contributed by atoms with Crippen LogP contribution in [0.1, 0.15) is 10.4 Å². The minimum Gasteiger partial charge on any atom is -0.502 e. The van der Waals surface area contributed by atoms with Gasteiger partial charge in [-0.2, -0.15) is 0 Å². The molecule has 0 saturated heterocycles. The van der Waals surface area contributed by atoms with Crippen molar-refractivity contribution in [1.82, 2.24) is 4.90 Å². The highest BCUT2D eigenvalue weighted by Crippen LogP contribution is 2.31. The second-order valence-corrected chi connectivity index (χ2v) is 6.35. The summed E-state index contributed by atoms with van der Waals surface area (Å²) in [6.07, 6.45) is 0.447. The van der Waals surface area contributed by atoms with Crippen LogP contribution in [0, 0.1) is 0 Å². The predicted molar refractivity (Wildman–Crippen MR) is 93.8 cm³/mol. The molecule has 1 aliphatic rings. The maximum absolute atomic E-state index is 12.5. The number of nitrogens with zero attached hydrogens (tertiary/aromatic N) is 1. The van der Waals surface area contributed by atoms with Gasteiger partial charge in [-0.15, -0.1) is 11.3 Å². The fourth-order valence-electron chi connectivity index (χ4n) is 2.69. The van der Waals surface area contributed by atoms with Crippen molar-refractivity contribution < 1.29 is 24.2 Å². The number of imide groups is 1. The number of ether oxygens (including phenoxy) is 2. The summed E-state index contributed by atoms with van der Waals surface area (Å²) in [5.74, 6) is -0.419. The number of aliphatic hydroxyl groups excluding tert-OH is 1. The van der Waals surface area contributed by atoms with Crippen LogP contribution < -0.4 is 9.47 Å². The largest absolute Gasteiger partial charge is 0.502 e. The number of methoxy groups -OCH3 is 2. The van der Waals surface area contributed by atoms with Gasteiger partial charge in [0.25, 0.3) is 11.8 Å². The molecule has 0 aliphatic carbocycles. The van der Waals surface area contributed by atoms with E-state index in [9.17, 15) is 14.7 Å². The van der Waals surface area contributed by atoms with Gasteiger partial charge in [0.05, 0.1) is 14.2 Å². The molecule has 0 radical (unpaired) electrons. The van der Waals surface area contributed by atoms with Crippen LogP contribution in [0.5, 0.6) is 11.5 Å². The smallest absolute Gasteiger partial charge is 0.296 e. The van der Waals surface area contributed by atoms with E-state index in [1.54, 1.807) is 43.9 Å². The first kappa shape index (κ1) is 17.0. The van der Waals surface area contributed by atoms with Crippen LogP contribution in [-0.2, 0) is 16.0 Å². The number of carbonyl (C=O) groups is 2. The van der Waals surface area contributed by atoms with E-state index in [4.69, 9.17) is 9.47 Å². The summed E-state index contributed by atoms with van der Waals surface area (Å²) in [5, 5.41) is 11.8. The van der Waals surface area contributed by atoms with Crippen molar-refractivity contribution in [3.8, 4) is 11.5 Å². The number of hydrogen-bond acceptors (Lipinski definition) is 6. The van der Waals surface area contributed by atoms with E-state index in [-0.39, 0.29) is 12.1 Å². The second-order valence-electron chi connectivity index (χ2n) is 5.40. The highest BCUT2D eigenvalue weighted by atomic mass is 32.1. The molecule has 1 aromatic carbocycles. The van der Waals surface area contributed by atoms with Crippen LogP contribution in [0.3, 0.4) is 0 Å². The molecule has 6 nitrogen and oxygen atoms in total. The molecule has 0 spiro atoms. The van der Waals surface area contributed by atoms with E-state index in [2.05, 4.69) is 0 Å². The number of hydrogen-bond donors (Lipinski definition) is 1. The molecule has 2 heterocycles. The Morgan fingerprint density at radius 1 is 1.08 bits per heavy atom. The molecule has 25 heavy (non-hydrogen) atoms. The molecule has 1 aliphatic heterocycles. The van der Waals surface area contributed by atoms with Gasteiger partial charge in [0.15, 0.2) is 17.3 Å². The van der Waals surface area contributed by atoms with E-state index in [1.807, 2.05) is 6.07 Å². The molecule has 0 unspecified atom stereocenters. The second kappa shape index (κ2) is 6.98. The molecular weight excluding hydrogens is 342 g/mol. The first-order valence-corrected chi connectivity index (χ1v) is 8.49.